The highest BCUT2D eigenvalue weighted by molar-refractivity contribution is 5.92. The molecule has 0 saturated heterocycles. The Morgan fingerprint density at radius 2 is 1.95 bits per heavy atom. The Balaban J connectivity index is 2.11. The number of hydrogen-bond acceptors (Lipinski definition) is 3. The lowest BCUT2D eigenvalue weighted by Gasteiger charge is -2.17. The van der Waals surface area contributed by atoms with Crippen molar-refractivity contribution >= 4 is 17.3 Å². The second kappa shape index (κ2) is 6.31. The summed E-state index contributed by atoms with van der Waals surface area (Å²) >= 11 is 0. The Morgan fingerprint density at radius 3 is 2.62 bits per heavy atom. The van der Waals surface area contributed by atoms with Crippen LogP contribution in [0.1, 0.15) is 21.5 Å². The number of hydrogen-bond donors (Lipinski definition) is 2. The minimum atomic E-state index is -0.401. The first-order chi connectivity index (χ1) is 9.97. The first-order valence-electron chi connectivity index (χ1n) is 6.88. The second-order valence-electron chi connectivity index (χ2n) is 5.31. The number of nitrogens with two attached hydrogens (primary N) is 1. The van der Waals surface area contributed by atoms with E-state index in [9.17, 15) is 4.79 Å². The van der Waals surface area contributed by atoms with Crippen LogP contribution in [0.3, 0.4) is 0 Å². The van der Waals surface area contributed by atoms with Crippen molar-refractivity contribution in [2.24, 2.45) is 5.73 Å². The van der Waals surface area contributed by atoms with E-state index in [0.29, 0.717) is 12.1 Å². The van der Waals surface area contributed by atoms with Gasteiger partial charge in [-0.2, -0.15) is 0 Å². The maximum Gasteiger partial charge on any atom is 0.248 e. The number of carbonyl (C=O) groups is 1. The molecule has 0 aliphatic carbocycles. The summed E-state index contributed by atoms with van der Waals surface area (Å²) in [6.07, 6.45) is 0. The van der Waals surface area contributed by atoms with Crippen LogP contribution in [0.2, 0.25) is 0 Å². The molecular weight excluding hydrogens is 262 g/mol. The predicted molar refractivity (Wildman–Crippen MR) is 87.8 cm³/mol. The molecule has 110 valence electrons. The highest BCUT2D eigenvalue weighted by atomic mass is 16.1. The van der Waals surface area contributed by atoms with Crippen LogP contribution in [0.4, 0.5) is 11.4 Å². The zero-order valence-electron chi connectivity index (χ0n) is 12.7. The lowest BCUT2D eigenvalue weighted by atomic mass is 10.1. The molecule has 21 heavy (non-hydrogen) atoms. The summed E-state index contributed by atoms with van der Waals surface area (Å²) in [4.78, 5) is 13.3. The molecule has 0 saturated carbocycles. The van der Waals surface area contributed by atoms with Gasteiger partial charge in [0.1, 0.15) is 0 Å². The van der Waals surface area contributed by atoms with Gasteiger partial charge in [0.25, 0.3) is 0 Å². The first kappa shape index (κ1) is 14.9. The molecule has 4 heteroatoms. The highest BCUT2D eigenvalue weighted by Crippen LogP contribution is 2.23. The fraction of sp³-hybridized carbons (Fsp3) is 0.235. The molecule has 0 bridgehead atoms. The van der Waals surface area contributed by atoms with Gasteiger partial charge in [-0.1, -0.05) is 18.2 Å². The Hall–Kier alpha value is -2.49. The van der Waals surface area contributed by atoms with Gasteiger partial charge in [-0.05, 0) is 42.3 Å². The van der Waals surface area contributed by atoms with E-state index < -0.39 is 5.91 Å². The Bertz CT molecular complexity index is 650. The molecule has 0 fully saturated rings. The number of nitrogens with zero attached hydrogens (tertiary/aromatic N) is 1. The van der Waals surface area contributed by atoms with Crippen molar-refractivity contribution in [2.75, 3.05) is 24.3 Å². The largest absolute Gasteiger partial charge is 0.381 e. The summed E-state index contributed by atoms with van der Waals surface area (Å²) in [5.41, 5.74) is 10.3. The number of anilines is 2. The van der Waals surface area contributed by atoms with Crippen molar-refractivity contribution in [2.45, 2.75) is 13.5 Å². The summed E-state index contributed by atoms with van der Waals surface area (Å²) in [6, 6.07) is 13.6. The van der Waals surface area contributed by atoms with E-state index in [4.69, 9.17) is 5.73 Å². The lowest BCUT2D eigenvalue weighted by molar-refractivity contribution is 0.1000. The van der Waals surface area contributed by atoms with Gasteiger partial charge in [0.05, 0.1) is 0 Å². The van der Waals surface area contributed by atoms with Crippen LogP contribution in [0, 0.1) is 6.92 Å². The van der Waals surface area contributed by atoms with Gasteiger partial charge in [-0.25, -0.2) is 0 Å². The summed E-state index contributed by atoms with van der Waals surface area (Å²) in [5.74, 6) is -0.401. The third kappa shape index (κ3) is 3.75. The zero-order valence-corrected chi connectivity index (χ0v) is 12.7. The molecule has 0 heterocycles. The molecule has 3 N–H and O–H groups in total. The van der Waals surface area contributed by atoms with Crippen LogP contribution in [0.15, 0.2) is 42.5 Å². The van der Waals surface area contributed by atoms with Crippen molar-refractivity contribution in [3.63, 3.8) is 0 Å². The topological polar surface area (TPSA) is 58.4 Å². The van der Waals surface area contributed by atoms with E-state index >= 15 is 0 Å². The van der Waals surface area contributed by atoms with Gasteiger partial charge in [-0.3, -0.25) is 4.79 Å². The first-order valence-corrected chi connectivity index (χ1v) is 6.88. The van der Waals surface area contributed by atoms with E-state index in [2.05, 4.69) is 35.3 Å². The second-order valence-corrected chi connectivity index (χ2v) is 5.31. The van der Waals surface area contributed by atoms with Crippen LogP contribution in [0.5, 0.6) is 0 Å². The lowest BCUT2D eigenvalue weighted by Crippen LogP contribution is -2.12. The quantitative estimate of drug-likeness (QED) is 0.887. The van der Waals surface area contributed by atoms with Crippen molar-refractivity contribution in [3.8, 4) is 0 Å². The molecule has 2 aromatic carbocycles. The molecule has 0 spiro atoms. The van der Waals surface area contributed by atoms with Crippen LogP contribution in [-0.2, 0) is 6.54 Å². The molecule has 0 atom stereocenters. The van der Waals surface area contributed by atoms with Gasteiger partial charge in [0.2, 0.25) is 5.91 Å². The number of carbonyl (C=O) groups excluding carboxylic acids is 1. The monoisotopic (exact) mass is 283 g/mol. The van der Waals surface area contributed by atoms with Crippen LogP contribution < -0.4 is 16.0 Å². The molecule has 2 rings (SSSR count). The number of aryl methyl sites for hydroxylation is 1. The maximum atomic E-state index is 11.2. The van der Waals surface area contributed by atoms with E-state index in [-0.39, 0.29) is 0 Å². The summed E-state index contributed by atoms with van der Waals surface area (Å²) in [6.45, 7) is 2.74. The molecule has 4 nitrogen and oxygen atoms in total. The standard InChI is InChI=1S/C17H21N3O/c1-12-7-8-15(10-16(12)20(2)3)19-11-13-5-4-6-14(9-13)17(18)21/h4-10,19H,11H2,1-3H3,(H2,18,21). The van der Waals surface area contributed by atoms with Gasteiger partial charge in [-0.15, -0.1) is 0 Å². The average Bonchev–Trinajstić information content (AvgIpc) is 2.46. The van der Waals surface area contributed by atoms with Crippen molar-refractivity contribution in [3.05, 3.63) is 59.2 Å². The highest BCUT2D eigenvalue weighted by Gasteiger charge is 2.04. The van der Waals surface area contributed by atoms with Crippen molar-refractivity contribution in [1.29, 1.82) is 0 Å². The molecule has 0 radical (unpaired) electrons. The Morgan fingerprint density at radius 1 is 1.19 bits per heavy atom. The molecule has 0 aromatic heterocycles. The summed E-state index contributed by atoms with van der Waals surface area (Å²) in [7, 11) is 4.06. The fourth-order valence-corrected chi connectivity index (χ4v) is 2.24. The minimum Gasteiger partial charge on any atom is -0.381 e. The fourth-order valence-electron chi connectivity index (χ4n) is 2.24. The molecule has 0 unspecified atom stereocenters. The van der Waals surface area contributed by atoms with Gasteiger partial charge in [0.15, 0.2) is 0 Å². The third-order valence-corrected chi connectivity index (χ3v) is 3.40. The normalized spacial score (nSPS) is 10.2. The van der Waals surface area contributed by atoms with Crippen molar-refractivity contribution < 1.29 is 4.79 Å². The van der Waals surface area contributed by atoms with Gasteiger partial charge < -0.3 is 16.0 Å². The number of primary amides is 1. The third-order valence-electron chi connectivity index (χ3n) is 3.40. The SMILES string of the molecule is Cc1ccc(NCc2cccc(C(N)=O)c2)cc1N(C)C. The van der Waals surface area contributed by atoms with Crippen molar-refractivity contribution in [1.82, 2.24) is 0 Å². The molecule has 0 aliphatic heterocycles. The molecular formula is C17H21N3O. The zero-order chi connectivity index (χ0) is 15.4. The average molecular weight is 283 g/mol. The van der Waals surface area contributed by atoms with Crippen LogP contribution in [-0.4, -0.2) is 20.0 Å². The minimum absolute atomic E-state index is 0.401. The van der Waals surface area contributed by atoms with Crippen LogP contribution >= 0.6 is 0 Å². The van der Waals surface area contributed by atoms with E-state index in [1.54, 1.807) is 6.07 Å². The number of nitrogens with one attached hydrogen (secondary N) is 1. The Labute approximate surface area is 125 Å². The molecule has 0 aliphatic rings. The van der Waals surface area contributed by atoms with Gasteiger partial charge >= 0.3 is 0 Å². The van der Waals surface area contributed by atoms with E-state index in [0.717, 1.165) is 11.3 Å². The van der Waals surface area contributed by atoms with E-state index in [1.165, 1.54) is 11.3 Å². The number of benzene rings is 2. The maximum absolute atomic E-state index is 11.2. The Kier molecular flexibility index (Phi) is 4.48. The van der Waals surface area contributed by atoms with Crippen LogP contribution in [0.25, 0.3) is 0 Å². The molecule has 1 amide bonds. The van der Waals surface area contributed by atoms with E-state index in [1.807, 2.05) is 32.3 Å². The number of rotatable bonds is 5. The smallest absolute Gasteiger partial charge is 0.248 e. The summed E-state index contributed by atoms with van der Waals surface area (Å²) < 4.78 is 0. The predicted octanol–water partition coefficient (Wildman–Crippen LogP) is 2.77. The van der Waals surface area contributed by atoms with Gasteiger partial charge in [0, 0.05) is 37.6 Å². The molecule has 2 aromatic rings. The summed E-state index contributed by atoms with van der Waals surface area (Å²) in [5, 5.41) is 3.37. The number of amides is 1.